The van der Waals surface area contributed by atoms with Gasteiger partial charge in [-0.3, -0.25) is 4.79 Å². The van der Waals surface area contributed by atoms with Gasteiger partial charge in [0.1, 0.15) is 5.75 Å². The van der Waals surface area contributed by atoms with Crippen molar-refractivity contribution in [2.75, 3.05) is 20.6 Å². The van der Waals surface area contributed by atoms with Crippen molar-refractivity contribution in [3.63, 3.8) is 0 Å². The molecular weight excluding hydrogens is 368 g/mol. The summed E-state index contributed by atoms with van der Waals surface area (Å²) in [5.41, 5.74) is 2.50. The predicted molar refractivity (Wildman–Crippen MR) is 109 cm³/mol. The van der Waals surface area contributed by atoms with Crippen LogP contribution in [0.25, 0.3) is 0 Å². The van der Waals surface area contributed by atoms with Gasteiger partial charge in [0.2, 0.25) is 0 Å². The Labute approximate surface area is 170 Å². The number of piperidine rings is 1. The molecule has 1 saturated heterocycles. The zero-order valence-electron chi connectivity index (χ0n) is 16.9. The van der Waals surface area contributed by atoms with Gasteiger partial charge in [0.25, 0.3) is 5.91 Å². The van der Waals surface area contributed by atoms with E-state index in [0.29, 0.717) is 5.56 Å². The lowest BCUT2D eigenvalue weighted by Gasteiger charge is -2.57. The first-order valence-electron chi connectivity index (χ1n) is 9.85. The molecule has 1 fully saturated rings. The molecule has 4 rings (SSSR count). The van der Waals surface area contributed by atoms with Crippen molar-refractivity contribution in [1.29, 1.82) is 0 Å². The van der Waals surface area contributed by atoms with Crippen molar-refractivity contribution in [3.05, 3.63) is 64.7 Å². The molecule has 0 unspecified atom stereocenters. The second-order valence-corrected chi connectivity index (χ2v) is 8.51. The number of benzene rings is 2. The number of phenols is 1. The summed E-state index contributed by atoms with van der Waals surface area (Å²) in [7, 11) is 3.89. The van der Waals surface area contributed by atoms with Crippen LogP contribution in [0.5, 0.6) is 5.75 Å². The number of nitrogens with zero attached hydrogens (tertiary/aromatic N) is 2. The smallest absolute Gasteiger partial charge is 0.335 e. The minimum Gasteiger partial charge on any atom is -0.508 e. The molecule has 1 amide bonds. The molecule has 1 heterocycles. The molecule has 152 valence electrons. The van der Waals surface area contributed by atoms with E-state index in [2.05, 4.69) is 18.9 Å². The van der Waals surface area contributed by atoms with E-state index in [1.54, 1.807) is 30.1 Å². The molecular formula is C23H26N2O4. The fourth-order valence-corrected chi connectivity index (χ4v) is 5.25. The average molecular weight is 394 g/mol. The number of phenolic OH excluding ortho intramolecular Hbond substituents is 1. The van der Waals surface area contributed by atoms with Crippen molar-refractivity contribution in [2.45, 2.75) is 37.3 Å². The maximum Gasteiger partial charge on any atom is 0.335 e. The third kappa shape index (κ3) is 3.08. The van der Waals surface area contributed by atoms with Gasteiger partial charge in [0.05, 0.1) is 11.6 Å². The van der Waals surface area contributed by atoms with E-state index < -0.39 is 5.97 Å². The molecule has 2 bridgehead atoms. The zero-order valence-corrected chi connectivity index (χ0v) is 16.9. The normalized spacial score (nSPS) is 25.9. The number of likely N-dealkylation sites (N-methyl/N-ethyl adjacent to an activating group) is 2. The van der Waals surface area contributed by atoms with E-state index in [4.69, 9.17) is 0 Å². The van der Waals surface area contributed by atoms with Crippen LogP contribution in [0.4, 0.5) is 0 Å². The number of carbonyl (C=O) groups excluding carboxylic acids is 1. The van der Waals surface area contributed by atoms with Gasteiger partial charge in [-0.05, 0) is 67.9 Å². The molecule has 1 aliphatic carbocycles. The summed E-state index contributed by atoms with van der Waals surface area (Å²) in [6.07, 6.45) is 1.67. The largest absolute Gasteiger partial charge is 0.508 e. The number of likely N-dealkylation sites (tertiary alicyclic amines) is 1. The Morgan fingerprint density at radius 2 is 1.90 bits per heavy atom. The molecule has 29 heavy (non-hydrogen) atoms. The highest BCUT2D eigenvalue weighted by atomic mass is 16.4. The molecule has 6 nitrogen and oxygen atoms in total. The molecule has 2 aromatic carbocycles. The van der Waals surface area contributed by atoms with Crippen LogP contribution in [0.3, 0.4) is 0 Å². The van der Waals surface area contributed by atoms with E-state index in [0.717, 1.165) is 24.9 Å². The van der Waals surface area contributed by atoms with Crippen LogP contribution in [0.2, 0.25) is 0 Å². The van der Waals surface area contributed by atoms with Gasteiger partial charge < -0.3 is 20.0 Å². The maximum absolute atomic E-state index is 13.3. The van der Waals surface area contributed by atoms with Crippen LogP contribution in [0.1, 0.15) is 45.2 Å². The summed E-state index contributed by atoms with van der Waals surface area (Å²) in [5, 5.41) is 19.4. The number of hydrogen-bond donors (Lipinski definition) is 2. The highest BCUT2D eigenvalue weighted by molar-refractivity contribution is 5.97. The second-order valence-electron chi connectivity index (χ2n) is 8.51. The van der Waals surface area contributed by atoms with Gasteiger partial charge in [0.15, 0.2) is 0 Å². The first-order chi connectivity index (χ1) is 13.7. The molecule has 0 radical (unpaired) electrons. The predicted octanol–water partition coefficient (Wildman–Crippen LogP) is 2.75. The van der Waals surface area contributed by atoms with Crippen LogP contribution in [-0.2, 0) is 11.8 Å². The van der Waals surface area contributed by atoms with Gasteiger partial charge in [-0.2, -0.15) is 0 Å². The number of hydrogen-bond acceptors (Lipinski definition) is 4. The van der Waals surface area contributed by atoms with Crippen molar-refractivity contribution < 1.29 is 19.8 Å². The molecule has 0 spiro atoms. The first kappa shape index (κ1) is 19.5. The number of rotatable bonds is 3. The average Bonchev–Trinajstić information content (AvgIpc) is 2.70. The van der Waals surface area contributed by atoms with Gasteiger partial charge in [-0.1, -0.05) is 19.1 Å². The first-order valence-corrected chi connectivity index (χ1v) is 9.85. The Balaban J connectivity index is 1.76. The lowest BCUT2D eigenvalue weighted by molar-refractivity contribution is 0.00529. The van der Waals surface area contributed by atoms with Gasteiger partial charge in [0, 0.05) is 24.1 Å². The van der Waals surface area contributed by atoms with E-state index in [-0.39, 0.29) is 34.7 Å². The van der Waals surface area contributed by atoms with Gasteiger partial charge >= 0.3 is 5.97 Å². The number of fused-ring (bicyclic) bond motifs is 4. The number of carboxylic acid groups (broad SMARTS) is 1. The van der Waals surface area contributed by atoms with Crippen molar-refractivity contribution in [3.8, 4) is 5.75 Å². The van der Waals surface area contributed by atoms with Gasteiger partial charge in [-0.25, -0.2) is 4.79 Å². The zero-order chi connectivity index (χ0) is 20.9. The summed E-state index contributed by atoms with van der Waals surface area (Å²) in [6, 6.07) is 11.8. The van der Waals surface area contributed by atoms with Crippen LogP contribution in [-0.4, -0.2) is 64.6 Å². The summed E-state index contributed by atoms with van der Waals surface area (Å²) in [4.78, 5) is 28.7. The summed E-state index contributed by atoms with van der Waals surface area (Å²) in [6.45, 7) is 3.09. The van der Waals surface area contributed by atoms with Crippen molar-refractivity contribution in [1.82, 2.24) is 9.80 Å². The van der Waals surface area contributed by atoms with Crippen LogP contribution < -0.4 is 0 Å². The topological polar surface area (TPSA) is 81.1 Å². The molecule has 0 saturated carbocycles. The standard InChI is InChI=1S/C23H26N2O4/c1-23-9-10-24(2)19(12-14-7-8-17(26)13-18(14)23)20(23)25(3)21(27)15-5-4-6-16(11-15)22(28)29/h4-8,11,13,19-20,26H,9-10,12H2,1-3H3,(H,28,29)/t19-,20+,23-/m1/s1. The van der Waals surface area contributed by atoms with Gasteiger partial charge in [-0.15, -0.1) is 0 Å². The van der Waals surface area contributed by atoms with Crippen LogP contribution in [0, 0.1) is 0 Å². The van der Waals surface area contributed by atoms with Crippen LogP contribution in [0.15, 0.2) is 42.5 Å². The Bertz CT molecular complexity index is 989. The van der Waals surface area contributed by atoms with E-state index >= 15 is 0 Å². The quantitative estimate of drug-likeness (QED) is 0.837. The van der Waals surface area contributed by atoms with Crippen molar-refractivity contribution >= 4 is 11.9 Å². The lowest BCUT2D eigenvalue weighted by atomic mass is 9.61. The number of aromatic hydroxyl groups is 1. The third-order valence-corrected chi connectivity index (χ3v) is 6.80. The highest BCUT2D eigenvalue weighted by Crippen LogP contribution is 2.47. The Morgan fingerprint density at radius 1 is 1.17 bits per heavy atom. The minimum absolute atomic E-state index is 0.0865. The van der Waals surface area contributed by atoms with E-state index in [1.807, 2.05) is 12.1 Å². The Kier molecular flexibility index (Phi) is 4.62. The molecule has 2 aromatic rings. The highest BCUT2D eigenvalue weighted by Gasteiger charge is 2.52. The molecule has 0 aromatic heterocycles. The third-order valence-electron chi connectivity index (χ3n) is 6.80. The molecule has 2 aliphatic rings. The summed E-state index contributed by atoms with van der Waals surface area (Å²) >= 11 is 0. The summed E-state index contributed by atoms with van der Waals surface area (Å²) in [5.74, 6) is -0.995. The van der Waals surface area contributed by atoms with E-state index in [9.17, 15) is 19.8 Å². The van der Waals surface area contributed by atoms with E-state index in [1.165, 1.54) is 17.7 Å². The van der Waals surface area contributed by atoms with Crippen LogP contribution >= 0.6 is 0 Å². The molecule has 2 N–H and O–H groups in total. The minimum atomic E-state index is -1.05. The Morgan fingerprint density at radius 3 is 2.62 bits per heavy atom. The number of carboxylic acids is 1. The fourth-order valence-electron chi connectivity index (χ4n) is 5.25. The fraction of sp³-hybridized carbons (Fsp3) is 0.391. The Hall–Kier alpha value is -2.86. The second kappa shape index (κ2) is 6.88. The number of amides is 1. The molecule has 3 atom stereocenters. The lowest BCUT2D eigenvalue weighted by Crippen LogP contribution is -2.67. The number of carbonyl (C=O) groups is 2. The monoisotopic (exact) mass is 394 g/mol. The SMILES string of the molecule is CN1CC[C@]2(C)c3cc(O)ccc3C[C@@H]1[C@@H]2N(C)C(=O)c1cccc(C(=O)O)c1. The number of aromatic carboxylic acids is 1. The molecule has 6 heteroatoms. The summed E-state index contributed by atoms with van der Waals surface area (Å²) < 4.78 is 0. The maximum atomic E-state index is 13.3. The molecule has 1 aliphatic heterocycles. The van der Waals surface area contributed by atoms with Crippen molar-refractivity contribution in [2.24, 2.45) is 0 Å².